The Hall–Kier alpha value is -2.24. The summed E-state index contributed by atoms with van der Waals surface area (Å²) >= 11 is 0. The molecule has 2 aromatic rings. The van der Waals surface area contributed by atoms with Crippen LogP contribution in [-0.2, 0) is 6.54 Å². The van der Waals surface area contributed by atoms with Crippen LogP contribution in [0.3, 0.4) is 0 Å². The minimum Gasteiger partial charge on any atom is -0.345 e. The van der Waals surface area contributed by atoms with Gasteiger partial charge in [-0.2, -0.15) is 0 Å². The molecule has 19 heavy (non-hydrogen) atoms. The number of nitrogens with one attached hydrogen (secondary N) is 2. The van der Waals surface area contributed by atoms with Crippen LogP contribution in [0, 0.1) is 5.82 Å². The molecule has 1 fully saturated rings. The van der Waals surface area contributed by atoms with Crippen LogP contribution in [0.1, 0.15) is 40.8 Å². The molecule has 0 radical (unpaired) electrons. The molecule has 0 bridgehead atoms. The Morgan fingerprint density at radius 3 is 3.05 bits per heavy atom. The topological polar surface area (TPSA) is 70.7 Å². The first-order valence-corrected chi connectivity index (χ1v) is 6.17. The van der Waals surface area contributed by atoms with E-state index in [1.165, 1.54) is 12.1 Å². The Morgan fingerprint density at radius 2 is 2.32 bits per heavy atom. The van der Waals surface area contributed by atoms with Gasteiger partial charge in [-0.25, -0.2) is 9.37 Å². The molecule has 0 atom stereocenters. The van der Waals surface area contributed by atoms with Gasteiger partial charge in [0.25, 0.3) is 5.91 Å². The molecule has 0 spiro atoms. The van der Waals surface area contributed by atoms with E-state index in [1.54, 1.807) is 12.1 Å². The molecule has 1 saturated carbocycles. The maximum Gasteiger partial charge on any atom is 0.291 e. The van der Waals surface area contributed by atoms with Crippen molar-refractivity contribution < 1.29 is 9.18 Å². The van der Waals surface area contributed by atoms with Gasteiger partial charge in [-0.15, -0.1) is 5.10 Å². The van der Waals surface area contributed by atoms with Gasteiger partial charge in [0.1, 0.15) is 11.6 Å². The van der Waals surface area contributed by atoms with Crippen LogP contribution in [0.15, 0.2) is 24.3 Å². The molecule has 3 rings (SSSR count). The van der Waals surface area contributed by atoms with Crippen LogP contribution >= 0.6 is 0 Å². The predicted octanol–water partition coefficient (Wildman–Crippen LogP) is 1.75. The number of carbonyl (C=O) groups excluding carboxylic acids is 1. The van der Waals surface area contributed by atoms with Gasteiger partial charge in [0.2, 0.25) is 5.82 Å². The third-order valence-corrected chi connectivity index (χ3v) is 3.01. The van der Waals surface area contributed by atoms with Crippen LogP contribution in [0.2, 0.25) is 0 Å². The monoisotopic (exact) mass is 260 g/mol. The average Bonchev–Trinajstić information content (AvgIpc) is 3.14. The van der Waals surface area contributed by atoms with Crippen molar-refractivity contribution in [1.82, 2.24) is 20.5 Å². The Balaban J connectivity index is 1.61. The number of hydrogen-bond acceptors (Lipinski definition) is 3. The molecule has 1 aromatic carbocycles. The summed E-state index contributed by atoms with van der Waals surface area (Å²) in [5.41, 5.74) is 0.700. The van der Waals surface area contributed by atoms with Crippen molar-refractivity contribution in [2.45, 2.75) is 25.3 Å². The van der Waals surface area contributed by atoms with Gasteiger partial charge in [-0.05, 0) is 30.5 Å². The number of aromatic amines is 1. The van der Waals surface area contributed by atoms with E-state index in [1.807, 2.05) is 0 Å². The van der Waals surface area contributed by atoms with Crippen molar-refractivity contribution in [1.29, 1.82) is 0 Å². The van der Waals surface area contributed by atoms with Crippen LogP contribution in [0.4, 0.5) is 4.39 Å². The zero-order valence-corrected chi connectivity index (χ0v) is 10.2. The van der Waals surface area contributed by atoms with E-state index < -0.39 is 0 Å². The first kappa shape index (κ1) is 11.8. The van der Waals surface area contributed by atoms with Crippen molar-refractivity contribution in [3.8, 4) is 0 Å². The molecule has 0 saturated heterocycles. The number of carbonyl (C=O) groups is 1. The Labute approximate surface area is 109 Å². The first-order chi connectivity index (χ1) is 9.22. The van der Waals surface area contributed by atoms with E-state index in [-0.39, 0.29) is 24.1 Å². The van der Waals surface area contributed by atoms with E-state index in [4.69, 9.17) is 0 Å². The fourth-order valence-corrected chi connectivity index (χ4v) is 1.82. The Bertz CT molecular complexity index is 606. The van der Waals surface area contributed by atoms with Gasteiger partial charge in [0.15, 0.2) is 0 Å². The van der Waals surface area contributed by atoms with Crippen LogP contribution in [0.5, 0.6) is 0 Å². The molecule has 1 aliphatic rings. The summed E-state index contributed by atoms with van der Waals surface area (Å²) in [7, 11) is 0. The van der Waals surface area contributed by atoms with E-state index >= 15 is 0 Å². The number of amides is 1. The summed E-state index contributed by atoms with van der Waals surface area (Å²) < 4.78 is 13.0. The van der Waals surface area contributed by atoms with E-state index in [0.717, 1.165) is 18.7 Å². The molecule has 1 aliphatic carbocycles. The van der Waals surface area contributed by atoms with E-state index in [9.17, 15) is 9.18 Å². The Kier molecular flexibility index (Phi) is 2.98. The van der Waals surface area contributed by atoms with Gasteiger partial charge in [-0.3, -0.25) is 9.89 Å². The molecule has 1 heterocycles. The van der Waals surface area contributed by atoms with Crippen molar-refractivity contribution >= 4 is 5.91 Å². The second-order valence-corrected chi connectivity index (χ2v) is 4.63. The minimum atomic E-state index is -0.354. The molecular formula is C13H13FN4O. The highest BCUT2D eigenvalue weighted by Gasteiger charge is 2.28. The minimum absolute atomic E-state index is 0.137. The highest BCUT2D eigenvalue weighted by Crippen LogP contribution is 2.37. The lowest BCUT2D eigenvalue weighted by Crippen LogP contribution is -2.24. The zero-order valence-electron chi connectivity index (χ0n) is 10.2. The molecule has 0 unspecified atom stereocenters. The summed E-state index contributed by atoms with van der Waals surface area (Å²) in [5.74, 6) is 0.666. The number of benzene rings is 1. The molecular weight excluding hydrogens is 247 g/mol. The van der Waals surface area contributed by atoms with Crippen molar-refractivity contribution in [2.24, 2.45) is 0 Å². The third-order valence-electron chi connectivity index (χ3n) is 3.01. The smallest absolute Gasteiger partial charge is 0.291 e. The van der Waals surface area contributed by atoms with Gasteiger partial charge >= 0.3 is 0 Å². The highest BCUT2D eigenvalue weighted by atomic mass is 19.1. The van der Waals surface area contributed by atoms with Crippen LogP contribution < -0.4 is 5.32 Å². The standard InChI is InChI=1S/C13H13FN4O/c14-10-3-1-2-8(6-10)7-15-13(19)12-16-11(17-18-12)9-4-5-9/h1-3,6,9H,4-5,7H2,(H,15,19)(H,16,17,18). The number of aromatic nitrogens is 3. The molecule has 0 aliphatic heterocycles. The second-order valence-electron chi connectivity index (χ2n) is 4.63. The number of H-pyrrole nitrogens is 1. The molecule has 1 amide bonds. The summed E-state index contributed by atoms with van der Waals surface area (Å²) in [5, 5.41) is 9.32. The van der Waals surface area contributed by atoms with Crippen LogP contribution in [-0.4, -0.2) is 21.1 Å². The lowest BCUT2D eigenvalue weighted by Gasteiger charge is -2.02. The summed E-state index contributed by atoms with van der Waals surface area (Å²) in [6, 6.07) is 6.10. The van der Waals surface area contributed by atoms with Crippen molar-refractivity contribution in [3.63, 3.8) is 0 Å². The third kappa shape index (κ3) is 2.78. The molecule has 6 heteroatoms. The maximum absolute atomic E-state index is 13.0. The molecule has 2 N–H and O–H groups in total. The van der Waals surface area contributed by atoms with Gasteiger partial charge < -0.3 is 5.32 Å². The van der Waals surface area contributed by atoms with Gasteiger partial charge in [0.05, 0.1) is 0 Å². The first-order valence-electron chi connectivity index (χ1n) is 6.17. The summed E-state index contributed by atoms with van der Waals surface area (Å²) in [4.78, 5) is 16.0. The van der Waals surface area contributed by atoms with Crippen molar-refractivity contribution in [3.05, 3.63) is 47.3 Å². The second kappa shape index (κ2) is 4.79. The SMILES string of the molecule is O=C(NCc1cccc(F)c1)c1n[nH]c(C2CC2)n1. The predicted molar refractivity (Wildman–Crippen MR) is 65.9 cm³/mol. The molecule has 5 nitrogen and oxygen atoms in total. The summed E-state index contributed by atoms with van der Waals surface area (Å²) in [6.07, 6.45) is 2.19. The fourth-order valence-electron chi connectivity index (χ4n) is 1.82. The molecule has 98 valence electrons. The largest absolute Gasteiger partial charge is 0.345 e. The lowest BCUT2D eigenvalue weighted by molar-refractivity contribution is 0.0941. The average molecular weight is 260 g/mol. The van der Waals surface area contributed by atoms with Gasteiger partial charge in [0, 0.05) is 12.5 Å². The van der Waals surface area contributed by atoms with Gasteiger partial charge in [-0.1, -0.05) is 12.1 Å². The number of nitrogens with zero attached hydrogens (tertiary/aromatic N) is 2. The van der Waals surface area contributed by atoms with Crippen molar-refractivity contribution in [2.75, 3.05) is 0 Å². The highest BCUT2D eigenvalue weighted by molar-refractivity contribution is 5.90. The van der Waals surface area contributed by atoms with E-state index in [2.05, 4.69) is 20.5 Å². The molecule has 1 aromatic heterocycles. The van der Waals surface area contributed by atoms with E-state index in [0.29, 0.717) is 11.5 Å². The number of halogens is 1. The normalized spacial score (nSPS) is 14.4. The Morgan fingerprint density at radius 1 is 1.47 bits per heavy atom. The number of rotatable bonds is 4. The quantitative estimate of drug-likeness (QED) is 0.879. The lowest BCUT2D eigenvalue weighted by atomic mass is 10.2. The zero-order chi connectivity index (χ0) is 13.2. The van der Waals surface area contributed by atoms with Crippen LogP contribution in [0.25, 0.3) is 0 Å². The maximum atomic E-state index is 13.0. The fraction of sp³-hybridized carbons (Fsp3) is 0.308. The summed E-state index contributed by atoms with van der Waals surface area (Å²) in [6.45, 7) is 0.254. The number of hydrogen-bond donors (Lipinski definition) is 2.